The van der Waals surface area contributed by atoms with Crippen molar-refractivity contribution in [3.05, 3.63) is 0 Å². The van der Waals surface area contributed by atoms with Crippen LogP contribution in [0.5, 0.6) is 0 Å². The third-order valence-electron chi connectivity index (χ3n) is 1.76. The van der Waals surface area contributed by atoms with Crippen LogP contribution in [-0.2, 0) is 0 Å². The average molecular weight is 262 g/mol. The maximum atomic E-state index is 12.5. The van der Waals surface area contributed by atoms with Gasteiger partial charge in [0.2, 0.25) is 6.17 Å². The minimum absolute atomic E-state index is 0.429. The highest BCUT2D eigenvalue weighted by Crippen LogP contribution is 2.41. The van der Waals surface area contributed by atoms with Crippen LogP contribution < -0.4 is 0 Å². The van der Waals surface area contributed by atoms with Crippen molar-refractivity contribution in [1.82, 2.24) is 0 Å². The third-order valence-corrected chi connectivity index (χ3v) is 1.76. The normalized spacial score (nSPS) is 19.7. The van der Waals surface area contributed by atoms with E-state index in [-0.39, 0.29) is 0 Å². The summed E-state index contributed by atoms with van der Waals surface area (Å²) >= 11 is 0. The predicted octanol–water partition coefficient (Wildman–Crippen LogP) is 3.56. The van der Waals surface area contributed by atoms with Crippen LogP contribution in [-0.4, -0.2) is 36.8 Å². The standard InChI is InChI=1S/C7H7F9/c1-6(13,14)7(15,16)4(10)2(8)3(9)5(11)12/h2-5H,1H3. The highest BCUT2D eigenvalue weighted by atomic mass is 19.3. The van der Waals surface area contributed by atoms with Crippen LogP contribution in [0.15, 0.2) is 0 Å². The van der Waals surface area contributed by atoms with Crippen molar-refractivity contribution in [1.29, 1.82) is 0 Å². The molecule has 0 aliphatic carbocycles. The Kier molecular flexibility index (Phi) is 4.52. The van der Waals surface area contributed by atoms with Gasteiger partial charge in [0.05, 0.1) is 0 Å². The Morgan fingerprint density at radius 3 is 1.38 bits per heavy atom. The van der Waals surface area contributed by atoms with Gasteiger partial charge in [-0.3, -0.25) is 0 Å². The number of hydrogen-bond acceptors (Lipinski definition) is 0. The summed E-state index contributed by atoms with van der Waals surface area (Å²) < 4.78 is 109. The van der Waals surface area contributed by atoms with E-state index in [1.54, 1.807) is 0 Å². The fraction of sp³-hybridized carbons (Fsp3) is 1.00. The Morgan fingerprint density at radius 2 is 1.12 bits per heavy atom. The first-order valence-corrected chi connectivity index (χ1v) is 3.89. The van der Waals surface area contributed by atoms with Gasteiger partial charge in [0.1, 0.15) is 0 Å². The van der Waals surface area contributed by atoms with Crippen molar-refractivity contribution in [2.45, 2.75) is 43.7 Å². The molecule has 0 rings (SSSR count). The van der Waals surface area contributed by atoms with Crippen molar-refractivity contribution in [3.8, 4) is 0 Å². The van der Waals surface area contributed by atoms with Crippen LogP contribution in [0.2, 0.25) is 0 Å². The second-order valence-corrected chi connectivity index (χ2v) is 3.14. The number of hydrogen-bond donors (Lipinski definition) is 0. The van der Waals surface area contributed by atoms with Gasteiger partial charge in [0, 0.05) is 6.92 Å². The molecule has 0 nitrogen and oxygen atoms in total. The van der Waals surface area contributed by atoms with Gasteiger partial charge >= 0.3 is 11.8 Å². The molecule has 16 heavy (non-hydrogen) atoms. The topological polar surface area (TPSA) is 0 Å². The van der Waals surface area contributed by atoms with E-state index in [0.29, 0.717) is 0 Å². The van der Waals surface area contributed by atoms with Gasteiger partial charge in [-0.25, -0.2) is 30.7 Å². The Bertz CT molecular complexity index is 220. The molecule has 0 aromatic heterocycles. The first kappa shape index (κ1) is 15.4. The predicted molar refractivity (Wildman–Crippen MR) is 36.3 cm³/mol. The van der Waals surface area contributed by atoms with Gasteiger partial charge in [0.15, 0.2) is 12.3 Å². The van der Waals surface area contributed by atoms with Crippen LogP contribution in [0.4, 0.5) is 39.5 Å². The molecule has 0 aliphatic heterocycles. The summed E-state index contributed by atoms with van der Waals surface area (Å²) in [6, 6.07) is 0. The fourth-order valence-electron chi connectivity index (χ4n) is 0.742. The summed E-state index contributed by atoms with van der Waals surface area (Å²) in [6.07, 6.45) is -16.3. The fourth-order valence-corrected chi connectivity index (χ4v) is 0.742. The molecule has 98 valence electrons. The number of alkyl halides is 9. The van der Waals surface area contributed by atoms with Gasteiger partial charge < -0.3 is 0 Å². The smallest absolute Gasteiger partial charge is 0.241 e. The Balaban J connectivity index is 4.86. The van der Waals surface area contributed by atoms with E-state index in [4.69, 9.17) is 0 Å². The lowest BCUT2D eigenvalue weighted by Gasteiger charge is -2.28. The van der Waals surface area contributed by atoms with E-state index in [1.807, 2.05) is 0 Å². The van der Waals surface area contributed by atoms with Gasteiger partial charge in [0.25, 0.3) is 6.43 Å². The molecular formula is C7H7F9. The zero-order chi connectivity index (χ0) is 13.3. The van der Waals surface area contributed by atoms with E-state index < -0.39 is 43.7 Å². The van der Waals surface area contributed by atoms with E-state index >= 15 is 0 Å². The van der Waals surface area contributed by atoms with Crippen molar-refractivity contribution < 1.29 is 39.5 Å². The van der Waals surface area contributed by atoms with Crippen molar-refractivity contribution in [2.75, 3.05) is 0 Å². The van der Waals surface area contributed by atoms with Gasteiger partial charge in [-0.1, -0.05) is 0 Å². The quantitative estimate of drug-likeness (QED) is 0.664. The molecule has 3 unspecified atom stereocenters. The maximum absolute atomic E-state index is 12.5. The van der Waals surface area contributed by atoms with Gasteiger partial charge in [-0.05, 0) is 0 Å². The first-order chi connectivity index (χ1) is 6.93. The summed E-state index contributed by atoms with van der Waals surface area (Å²) in [6.45, 7) is -0.429. The molecular weight excluding hydrogens is 255 g/mol. The average Bonchev–Trinajstić information content (AvgIpc) is 2.12. The minimum Gasteiger partial charge on any atom is -0.241 e. The van der Waals surface area contributed by atoms with Crippen LogP contribution in [0.25, 0.3) is 0 Å². The highest BCUT2D eigenvalue weighted by Gasteiger charge is 2.62. The second-order valence-electron chi connectivity index (χ2n) is 3.14. The number of rotatable bonds is 5. The third kappa shape index (κ3) is 2.94. The lowest BCUT2D eigenvalue weighted by molar-refractivity contribution is -0.245. The largest absolute Gasteiger partial charge is 0.343 e. The lowest BCUT2D eigenvalue weighted by Crippen LogP contribution is -2.52. The monoisotopic (exact) mass is 262 g/mol. The van der Waals surface area contributed by atoms with E-state index in [2.05, 4.69) is 0 Å². The zero-order valence-corrected chi connectivity index (χ0v) is 7.71. The van der Waals surface area contributed by atoms with Crippen LogP contribution in [0.3, 0.4) is 0 Å². The molecule has 0 heterocycles. The summed E-state index contributed by atoms with van der Waals surface area (Å²) in [5.74, 6) is -10.6. The van der Waals surface area contributed by atoms with Crippen molar-refractivity contribution >= 4 is 0 Å². The van der Waals surface area contributed by atoms with Crippen molar-refractivity contribution in [3.63, 3.8) is 0 Å². The van der Waals surface area contributed by atoms with Crippen LogP contribution in [0, 0.1) is 0 Å². The first-order valence-electron chi connectivity index (χ1n) is 3.89. The van der Waals surface area contributed by atoms with Crippen LogP contribution in [0.1, 0.15) is 6.92 Å². The van der Waals surface area contributed by atoms with Crippen LogP contribution >= 0.6 is 0 Å². The summed E-state index contributed by atoms with van der Waals surface area (Å²) in [4.78, 5) is 0. The molecule has 0 aliphatic rings. The van der Waals surface area contributed by atoms with Gasteiger partial charge in [-0.15, -0.1) is 0 Å². The summed E-state index contributed by atoms with van der Waals surface area (Å²) in [5.41, 5.74) is 0. The minimum atomic E-state index is -5.56. The lowest BCUT2D eigenvalue weighted by atomic mass is 10.0. The molecule has 0 fully saturated rings. The molecule has 0 amide bonds. The molecule has 0 radical (unpaired) electrons. The van der Waals surface area contributed by atoms with Gasteiger partial charge in [-0.2, -0.15) is 8.78 Å². The molecule has 0 saturated heterocycles. The molecule has 0 N–H and O–H groups in total. The van der Waals surface area contributed by atoms with Crippen molar-refractivity contribution in [2.24, 2.45) is 0 Å². The SMILES string of the molecule is CC(F)(F)C(F)(F)C(F)C(F)C(F)C(F)F. The molecule has 9 heteroatoms. The summed E-state index contributed by atoms with van der Waals surface area (Å²) in [7, 11) is 0. The Labute approximate surface area is 84.4 Å². The summed E-state index contributed by atoms with van der Waals surface area (Å²) in [5, 5.41) is 0. The highest BCUT2D eigenvalue weighted by molar-refractivity contribution is 4.94. The Hall–Kier alpha value is -0.630. The van der Waals surface area contributed by atoms with E-state index in [1.165, 1.54) is 0 Å². The van der Waals surface area contributed by atoms with E-state index in [0.717, 1.165) is 0 Å². The van der Waals surface area contributed by atoms with E-state index in [9.17, 15) is 39.5 Å². The number of halogens is 9. The molecule has 0 bridgehead atoms. The zero-order valence-electron chi connectivity index (χ0n) is 7.71. The molecule has 3 atom stereocenters. The molecule has 0 aromatic carbocycles. The second kappa shape index (κ2) is 4.70. The maximum Gasteiger partial charge on any atom is 0.343 e. The molecule has 0 saturated carbocycles. The molecule has 0 aromatic rings. The Morgan fingerprint density at radius 1 is 0.750 bits per heavy atom. The molecule has 0 spiro atoms.